The summed E-state index contributed by atoms with van der Waals surface area (Å²) in [7, 11) is 0. The number of hydrogen-bond acceptors (Lipinski definition) is 3. The van der Waals surface area contributed by atoms with Crippen molar-refractivity contribution in [3.8, 4) is 0 Å². The lowest BCUT2D eigenvalue weighted by atomic mass is 10.1. The van der Waals surface area contributed by atoms with Gasteiger partial charge in [-0.05, 0) is 24.8 Å². The minimum Gasteiger partial charge on any atom is -0.314 e. The lowest BCUT2D eigenvalue weighted by molar-refractivity contribution is 0.429. The third-order valence-electron chi connectivity index (χ3n) is 2.97. The minimum atomic E-state index is 0.567. The lowest BCUT2D eigenvalue weighted by Crippen LogP contribution is -2.28. The maximum atomic E-state index is 4.37. The minimum absolute atomic E-state index is 0.567. The molecule has 1 aromatic heterocycles. The average molecular weight is 252 g/mol. The van der Waals surface area contributed by atoms with Crippen LogP contribution in [0.2, 0.25) is 0 Å². The SMILES string of the molecule is CC(C)Cn1ncnc1CCC(C)CNC(C)C. The molecule has 1 unspecified atom stereocenters. The third-order valence-corrected chi connectivity index (χ3v) is 2.97. The van der Waals surface area contributed by atoms with Crippen LogP contribution in [0.5, 0.6) is 0 Å². The van der Waals surface area contributed by atoms with Gasteiger partial charge >= 0.3 is 0 Å². The van der Waals surface area contributed by atoms with Crippen molar-refractivity contribution < 1.29 is 0 Å². The van der Waals surface area contributed by atoms with Crippen LogP contribution in [0.25, 0.3) is 0 Å². The van der Waals surface area contributed by atoms with Gasteiger partial charge in [0.2, 0.25) is 0 Å². The van der Waals surface area contributed by atoms with E-state index in [2.05, 4.69) is 50.0 Å². The van der Waals surface area contributed by atoms with Crippen molar-refractivity contribution in [2.45, 2.75) is 60.0 Å². The van der Waals surface area contributed by atoms with Crippen molar-refractivity contribution >= 4 is 0 Å². The van der Waals surface area contributed by atoms with Crippen molar-refractivity contribution in [2.75, 3.05) is 6.54 Å². The van der Waals surface area contributed by atoms with E-state index >= 15 is 0 Å². The van der Waals surface area contributed by atoms with E-state index < -0.39 is 0 Å². The van der Waals surface area contributed by atoms with Gasteiger partial charge in [-0.25, -0.2) is 9.67 Å². The largest absolute Gasteiger partial charge is 0.314 e. The summed E-state index contributed by atoms with van der Waals surface area (Å²) in [4.78, 5) is 4.37. The molecule has 1 rings (SSSR count). The Morgan fingerprint density at radius 2 is 1.94 bits per heavy atom. The van der Waals surface area contributed by atoms with E-state index in [1.165, 1.54) is 0 Å². The highest BCUT2D eigenvalue weighted by molar-refractivity contribution is 4.85. The molecule has 1 heterocycles. The van der Waals surface area contributed by atoms with Crippen molar-refractivity contribution in [1.82, 2.24) is 20.1 Å². The van der Waals surface area contributed by atoms with Crippen LogP contribution in [-0.4, -0.2) is 27.4 Å². The molecular weight excluding hydrogens is 224 g/mol. The highest BCUT2D eigenvalue weighted by atomic mass is 15.3. The summed E-state index contributed by atoms with van der Waals surface area (Å²) >= 11 is 0. The molecule has 0 radical (unpaired) electrons. The highest BCUT2D eigenvalue weighted by Crippen LogP contribution is 2.08. The van der Waals surface area contributed by atoms with Crippen LogP contribution in [0.1, 0.15) is 46.9 Å². The van der Waals surface area contributed by atoms with Crippen LogP contribution in [-0.2, 0) is 13.0 Å². The summed E-state index contributed by atoms with van der Waals surface area (Å²) in [6.45, 7) is 13.1. The molecule has 1 N–H and O–H groups in total. The Kier molecular flexibility index (Phi) is 6.33. The van der Waals surface area contributed by atoms with E-state index in [9.17, 15) is 0 Å². The molecule has 0 bridgehead atoms. The second kappa shape index (κ2) is 7.52. The number of aryl methyl sites for hydroxylation is 1. The predicted molar refractivity (Wildman–Crippen MR) is 75.5 cm³/mol. The Balaban J connectivity index is 2.36. The molecule has 104 valence electrons. The second-order valence-electron chi connectivity index (χ2n) is 5.96. The van der Waals surface area contributed by atoms with E-state index in [1.807, 2.05) is 4.68 Å². The molecule has 0 fully saturated rings. The summed E-state index contributed by atoms with van der Waals surface area (Å²) in [5.41, 5.74) is 0. The first-order valence-corrected chi connectivity index (χ1v) is 7.09. The van der Waals surface area contributed by atoms with Crippen LogP contribution in [0.4, 0.5) is 0 Å². The lowest BCUT2D eigenvalue weighted by Gasteiger charge is -2.15. The van der Waals surface area contributed by atoms with Gasteiger partial charge in [-0.1, -0.05) is 34.6 Å². The molecule has 4 heteroatoms. The maximum absolute atomic E-state index is 4.37. The van der Waals surface area contributed by atoms with Crippen LogP contribution < -0.4 is 5.32 Å². The average Bonchev–Trinajstić information content (AvgIpc) is 2.70. The van der Waals surface area contributed by atoms with Gasteiger partial charge in [0.15, 0.2) is 0 Å². The molecule has 0 aromatic carbocycles. The summed E-state index contributed by atoms with van der Waals surface area (Å²) < 4.78 is 2.05. The van der Waals surface area contributed by atoms with Crippen LogP contribution >= 0.6 is 0 Å². The predicted octanol–water partition coefficient (Wildman–Crippen LogP) is 2.50. The molecule has 4 nitrogen and oxygen atoms in total. The van der Waals surface area contributed by atoms with E-state index in [4.69, 9.17) is 0 Å². The monoisotopic (exact) mass is 252 g/mol. The van der Waals surface area contributed by atoms with Crippen LogP contribution in [0.3, 0.4) is 0 Å². The van der Waals surface area contributed by atoms with Gasteiger partial charge in [0.05, 0.1) is 0 Å². The van der Waals surface area contributed by atoms with Crippen LogP contribution in [0.15, 0.2) is 6.33 Å². The molecule has 0 saturated heterocycles. The molecule has 1 aromatic rings. The number of nitrogens with one attached hydrogen (secondary N) is 1. The zero-order valence-electron chi connectivity index (χ0n) is 12.5. The Labute approximate surface area is 111 Å². The van der Waals surface area contributed by atoms with E-state index in [0.717, 1.165) is 31.8 Å². The summed E-state index contributed by atoms with van der Waals surface area (Å²) in [6, 6.07) is 0.567. The van der Waals surface area contributed by atoms with E-state index in [1.54, 1.807) is 6.33 Å². The molecule has 0 aliphatic heterocycles. The standard InChI is InChI=1S/C14H28N4/c1-11(2)9-18-14(16-10-17-18)7-6-13(5)8-15-12(3)4/h10-13,15H,6-9H2,1-5H3. The molecule has 0 saturated carbocycles. The quantitative estimate of drug-likeness (QED) is 0.773. The number of hydrogen-bond donors (Lipinski definition) is 1. The van der Waals surface area contributed by atoms with Crippen LogP contribution in [0, 0.1) is 11.8 Å². The smallest absolute Gasteiger partial charge is 0.138 e. The summed E-state index contributed by atoms with van der Waals surface area (Å²) in [6.07, 6.45) is 3.86. The molecule has 0 aliphatic carbocycles. The highest BCUT2D eigenvalue weighted by Gasteiger charge is 2.09. The zero-order chi connectivity index (χ0) is 13.5. The Bertz CT molecular complexity index is 330. The van der Waals surface area contributed by atoms with Crippen molar-refractivity contribution in [3.63, 3.8) is 0 Å². The molecule has 1 atom stereocenters. The fourth-order valence-corrected chi connectivity index (χ4v) is 1.89. The van der Waals surface area contributed by atoms with E-state index in [0.29, 0.717) is 17.9 Å². The maximum Gasteiger partial charge on any atom is 0.138 e. The van der Waals surface area contributed by atoms with Gasteiger partial charge in [0, 0.05) is 19.0 Å². The molecular formula is C14H28N4. The van der Waals surface area contributed by atoms with Gasteiger partial charge in [-0.15, -0.1) is 0 Å². The third kappa shape index (κ3) is 5.63. The number of aromatic nitrogens is 3. The van der Waals surface area contributed by atoms with Crippen molar-refractivity contribution in [1.29, 1.82) is 0 Å². The molecule has 18 heavy (non-hydrogen) atoms. The van der Waals surface area contributed by atoms with Gasteiger partial charge < -0.3 is 5.32 Å². The van der Waals surface area contributed by atoms with Gasteiger partial charge in [0.25, 0.3) is 0 Å². The fourth-order valence-electron chi connectivity index (χ4n) is 1.89. The normalized spacial score (nSPS) is 13.5. The number of nitrogens with zero attached hydrogens (tertiary/aromatic N) is 3. The van der Waals surface area contributed by atoms with Gasteiger partial charge in [-0.3, -0.25) is 0 Å². The van der Waals surface area contributed by atoms with Crippen molar-refractivity contribution in [2.24, 2.45) is 11.8 Å². The van der Waals surface area contributed by atoms with Gasteiger partial charge in [0.1, 0.15) is 12.2 Å². The molecule has 0 amide bonds. The second-order valence-corrected chi connectivity index (χ2v) is 5.96. The Morgan fingerprint density at radius 3 is 2.56 bits per heavy atom. The Morgan fingerprint density at radius 1 is 1.22 bits per heavy atom. The molecule has 0 spiro atoms. The summed E-state index contributed by atoms with van der Waals surface area (Å²) in [5.74, 6) is 2.42. The fraction of sp³-hybridized carbons (Fsp3) is 0.857. The first kappa shape index (κ1) is 15.2. The summed E-state index contributed by atoms with van der Waals surface area (Å²) in [5, 5.41) is 7.78. The van der Waals surface area contributed by atoms with Gasteiger partial charge in [-0.2, -0.15) is 5.10 Å². The van der Waals surface area contributed by atoms with E-state index in [-0.39, 0.29) is 0 Å². The molecule has 0 aliphatic rings. The zero-order valence-corrected chi connectivity index (χ0v) is 12.5. The topological polar surface area (TPSA) is 42.7 Å². The first-order valence-electron chi connectivity index (χ1n) is 7.09. The number of rotatable bonds is 8. The Hall–Kier alpha value is -0.900. The first-order chi connectivity index (χ1) is 8.49. The van der Waals surface area contributed by atoms with Crippen molar-refractivity contribution in [3.05, 3.63) is 12.2 Å².